The molecule has 0 spiro atoms. The highest BCUT2D eigenvalue weighted by Crippen LogP contribution is 2.27. The van der Waals surface area contributed by atoms with Gasteiger partial charge < -0.3 is 10.6 Å². The smallest absolute Gasteiger partial charge is 0.190 e. The number of hydrogen-bond acceptors (Lipinski definition) is 1. The molecule has 0 radical (unpaired) electrons. The maximum atomic E-state index is 4.25. The van der Waals surface area contributed by atoms with Crippen molar-refractivity contribution in [3.63, 3.8) is 0 Å². The Hall–Kier alpha value is -0.730. The molecule has 2 N–H and O–H groups in total. The maximum Gasteiger partial charge on any atom is 0.190 e. The minimum absolute atomic E-state index is 0.657. The third kappa shape index (κ3) is 5.94. The minimum Gasteiger partial charge on any atom is -0.356 e. The summed E-state index contributed by atoms with van der Waals surface area (Å²) in [5.74, 6) is 3.38. The molecule has 0 aromatic heterocycles. The molecule has 0 amide bonds. The number of hydrogen-bond donors (Lipinski definition) is 2. The third-order valence-corrected chi connectivity index (χ3v) is 3.59. The van der Waals surface area contributed by atoms with E-state index in [1.54, 1.807) is 0 Å². The normalized spacial score (nSPS) is 26.1. The van der Waals surface area contributed by atoms with Gasteiger partial charge in [-0.2, -0.15) is 0 Å². The fourth-order valence-electron chi connectivity index (χ4n) is 2.30. The fraction of sp³-hybridized carbons (Fsp3) is 0.929. The second kappa shape index (κ2) is 7.57. The first-order chi connectivity index (χ1) is 8.11. The molecule has 0 atom stereocenters. The lowest BCUT2D eigenvalue weighted by molar-refractivity contribution is 0.289. The zero-order valence-corrected chi connectivity index (χ0v) is 11.9. The van der Waals surface area contributed by atoms with E-state index in [0.29, 0.717) is 5.92 Å². The molecule has 0 aromatic rings. The third-order valence-electron chi connectivity index (χ3n) is 3.59. The van der Waals surface area contributed by atoms with Gasteiger partial charge in [-0.25, -0.2) is 0 Å². The lowest BCUT2D eigenvalue weighted by atomic mass is 9.83. The van der Waals surface area contributed by atoms with Gasteiger partial charge in [0, 0.05) is 20.1 Å². The Balaban J connectivity index is 2.19. The molecule has 0 bridgehead atoms. The van der Waals surface area contributed by atoms with E-state index in [-0.39, 0.29) is 0 Å². The van der Waals surface area contributed by atoms with E-state index >= 15 is 0 Å². The summed E-state index contributed by atoms with van der Waals surface area (Å²) < 4.78 is 0. The molecule has 0 heterocycles. The highest BCUT2D eigenvalue weighted by Gasteiger charge is 2.18. The van der Waals surface area contributed by atoms with Gasteiger partial charge in [-0.05, 0) is 30.6 Å². The molecule has 1 rings (SSSR count). The van der Waals surface area contributed by atoms with Gasteiger partial charge in [-0.15, -0.1) is 0 Å². The van der Waals surface area contributed by atoms with Crippen molar-refractivity contribution in [3.8, 4) is 0 Å². The van der Waals surface area contributed by atoms with Gasteiger partial charge in [0.25, 0.3) is 0 Å². The van der Waals surface area contributed by atoms with Crippen LogP contribution in [0.4, 0.5) is 0 Å². The highest BCUT2D eigenvalue weighted by molar-refractivity contribution is 5.79. The van der Waals surface area contributed by atoms with Crippen LogP contribution in [0.3, 0.4) is 0 Å². The van der Waals surface area contributed by atoms with E-state index in [0.717, 1.165) is 30.9 Å². The highest BCUT2D eigenvalue weighted by atomic mass is 15.2. The first-order valence-corrected chi connectivity index (χ1v) is 7.06. The predicted octanol–water partition coefficient (Wildman–Crippen LogP) is 2.63. The van der Waals surface area contributed by atoms with Crippen molar-refractivity contribution >= 4 is 5.96 Å². The molecule has 0 aromatic carbocycles. The van der Waals surface area contributed by atoms with Crippen LogP contribution in [-0.2, 0) is 0 Å². The number of guanidine groups is 1. The Morgan fingerprint density at radius 3 is 2.35 bits per heavy atom. The SMILES string of the molecule is CN=C(NCC(C)C)NCC1CCC(C)CC1. The molecule has 1 aliphatic carbocycles. The van der Waals surface area contributed by atoms with Gasteiger partial charge in [0.1, 0.15) is 0 Å². The molecular weight excluding hydrogens is 210 g/mol. The fourth-order valence-corrected chi connectivity index (χ4v) is 2.30. The Kier molecular flexibility index (Phi) is 6.38. The maximum absolute atomic E-state index is 4.25. The second-order valence-electron chi connectivity index (χ2n) is 5.85. The summed E-state index contributed by atoms with van der Waals surface area (Å²) in [5, 5.41) is 6.80. The van der Waals surface area contributed by atoms with Crippen LogP contribution >= 0.6 is 0 Å². The average molecular weight is 239 g/mol. The summed E-state index contributed by atoms with van der Waals surface area (Å²) >= 11 is 0. The van der Waals surface area contributed by atoms with E-state index in [9.17, 15) is 0 Å². The summed E-state index contributed by atoms with van der Waals surface area (Å²) in [6.07, 6.45) is 5.53. The monoisotopic (exact) mass is 239 g/mol. The van der Waals surface area contributed by atoms with Crippen LogP contribution in [0.25, 0.3) is 0 Å². The van der Waals surface area contributed by atoms with Crippen LogP contribution in [0.1, 0.15) is 46.5 Å². The topological polar surface area (TPSA) is 36.4 Å². The Bertz CT molecular complexity index is 228. The van der Waals surface area contributed by atoms with E-state index in [2.05, 4.69) is 36.4 Å². The van der Waals surface area contributed by atoms with E-state index < -0.39 is 0 Å². The largest absolute Gasteiger partial charge is 0.356 e. The molecule has 1 saturated carbocycles. The number of nitrogens with one attached hydrogen (secondary N) is 2. The van der Waals surface area contributed by atoms with Crippen molar-refractivity contribution in [1.29, 1.82) is 0 Å². The second-order valence-corrected chi connectivity index (χ2v) is 5.85. The van der Waals surface area contributed by atoms with Gasteiger partial charge in [0.15, 0.2) is 5.96 Å². The first-order valence-electron chi connectivity index (χ1n) is 7.06. The van der Waals surface area contributed by atoms with Gasteiger partial charge in [0.2, 0.25) is 0 Å². The van der Waals surface area contributed by atoms with Crippen LogP contribution in [-0.4, -0.2) is 26.1 Å². The van der Waals surface area contributed by atoms with Crippen molar-refractivity contribution < 1.29 is 0 Å². The first kappa shape index (κ1) is 14.3. The molecule has 17 heavy (non-hydrogen) atoms. The molecule has 3 nitrogen and oxygen atoms in total. The molecule has 3 heteroatoms. The van der Waals surface area contributed by atoms with Crippen molar-refractivity contribution in [2.24, 2.45) is 22.7 Å². The van der Waals surface area contributed by atoms with Crippen molar-refractivity contribution in [2.45, 2.75) is 46.5 Å². The quantitative estimate of drug-likeness (QED) is 0.584. The van der Waals surface area contributed by atoms with Crippen LogP contribution in [0, 0.1) is 17.8 Å². The van der Waals surface area contributed by atoms with Crippen molar-refractivity contribution in [3.05, 3.63) is 0 Å². The van der Waals surface area contributed by atoms with E-state index in [4.69, 9.17) is 0 Å². The van der Waals surface area contributed by atoms with Gasteiger partial charge in [-0.3, -0.25) is 4.99 Å². The van der Waals surface area contributed by atoms with E-state index in [1.807, 2.05) is 7.05 Å². The lowest BCUT2D eigenvalue weighted by Gasteiger charge is -2.27. The van der Waals surface area contributed by atoms with Crippen LogP contribution in [0.2, 0.25) is 0 Å². The number of nitrogens with zero attached hydrogens (tertiary/aromatic N) is 1. The van der Waals surface area contributed by atoms with Crippen molar-refractivity contribution in [1.82, 2.24) is 10.6 Å². The zero-order valence-electron chi connectivity index (χ0n) is 11.9. The molecular formula is C14H29N3. The van der Waals surface area contributed by atoms with Gasteiger partial charge >= 0.3 is 0 Å². The summed E-state index contributed by atoms with van der Waals surface area (Å²) in [6.45, 7) is 8.85. The number of rotatable bonds is 4. The predicted molar refractivity (Wildman–Crippen MR) is 75.3 cm³/mol. The zero-order chi connectivity index (χ0) is 12.7. The minimum atomic E-state index is 0.657. The molecule has 0 saturated heterocycles. The average Bonchev–Trinajstić information content (AvgIpc) is 2.31. The Labute approximate surface area is 106 Å². The standard InChI is InChI=1S/C14H29N3/c1-11(2)9-16-14(15-4)17-10-13-7-5-12(3)6-8-13/h11-13H,5-10H2,1-4H3,(H2,15,16,17). The number of aliphatic imine (C=N–C) groups is 1. The molecule has 1 fully saturated rings. The van der Waals surface area contributed by atoms with E-state index in [1.165, 1.54) is 25.7 Å². The molecule has 100 valence electrons. The molecule has 1 aliphatic rings. The molecule has 0 aliphatic heterocycles. The van der Waals surface area contributed by atoms with Gasteiger partial charge in [0.05, 0.1) is 0 Å². The summed E-state index contributed by atoms with van der Waals surface area (Å²) in [5.41, 5.74) is 0. The van der Waals surface area contributed by atoms with Crippen molar-refractivity contribution in [2.75, 3.05) is 20.1 Å². The summed E-state index contributed by atoms with van der Waals surface area (Å²) in [6, 6.07) is 0. The Morgan fingerprint density at radius 2 is 1.82 bits per heavy atom. The van der Waals surface area contributed by atoms with Crippen LogP contribution < -0.4 is 10.6 Å². The summed E-state index contributed by atoms with van der Waals surface area (Å²) in [4.78, 5) is 4.25. The van der Waals surface area contributed by atoms with Gasteiger partial charge in [-0.1, -0.05) is 33.6 Å². The van der Waals surface area contributed by atoms with Crippen LogP contribution in [0.5, 0.6) is 0 Å². The summed E-state index contributed by atoms with van der Waals surface area (Å²) in [7, 11) is 1.85. The molecule has 0 unspecified atom stereocenters. The lowest BCUT2D eigenvalue weighted by Crippen LogP contribution is -2.41. The van der Waals surface area contributed by atoms with Crippen LogP contribution in [0.15, 0.2) is 4.99 Å². The Morgan fingerprint density at radius 1 is 1.18 bits per heavy atom.